The van der Waals surface area contributed by atoms with Crippen LogP contribution in [-0.4, -0.2) is 35.6 Å². The summed E-state index contributed by atoms with van der Waals surface area (Å²) in [7, 11) is 0. The Morgan fingerprint density at radius 2 is 1.71 bits per heavy atom. The maximum Gasteiger partial charge on any atom is 0.338 e. The second kappa shape index (κ2) is 7.69. The van der Waals surface area contributed by atoms with Gasteiger partial charge in [0.1, 0.15) is 6.10 Å². The summed E-state index contributed by atoms with van der Waals surface area (Å²) in [5.41, 5.74) is 1.95. The summed E-state index contributed by atoms with van der Waals surface area (Å²) in [5.74, 6) is -0.222. The number of ether oxygens (including phenoxy) is 1. The zero-order valence-corrected chi connectivity index (χ0v) is 16.1. The van der Waals surface area contributed by atoms with E-state index >= 15 is 0 Å². The molecule has 0 unspecified atom stereocenters. The standard InChI is InChI=1S/C21H33NO2/c1-15-8-7-9-16(2)22(15)14-17(3)24-20(23)18-10-12-19(13-11-18)21(4,5)6/h10-13,15-17H,7-9,14H2,1-6H3/t15-,16+,17-/m1/s1. The van der Waals surface area contributed by atoms with E-state index in [4.69, 9.17) is 4.74 Å². The van der Waals surface area contributed by atoms with Crippen LogP contribution in [0.25, 0.3) is 0 Å². The highest BCUT2D eigenvalue weighted by atomic mass is 16.5. The van der Waals surface area contributed by atoms with E-state index in [9.17, 15) is 4.79 Å². The number of carbonyl (C=O) groups excluding carboxylic acids is 1. The molecule has 1 aromatic rings. The molecule has 24 heavy (non-hydrogen) atoms. The lowest BCUT2D eigenvalue weighted by atomic mass is 9.87. The molecule has 1 fully saturated rings. The van der Waals surface area contributed by atoms with E-state index in [1.165, 1.54) is 24.8 Å². The molecule has 0 bridgehead atoms. The van der Waals surface area contributed by atoms with Gasteiger partial charge in [0.05, 0.1) is 5.56 Å². The first-order valence-corrected chi connectivity index (χ1v) is 9.25. The van der Waals surface area contributed by atoms with Gasteiger partial charge in [0.25, 0.3) is 0 Å². The van der Waals surface area contributed by atoms with Crippen LogP contribution in [0.15, 0.2) is 24.3 Å². The zero-order chi connectivity index (χ0) is 17.9. The Bertz CT molecular complexity index is 534. The molecule has 0 saturated carbocycles. The largest absolute Gasteiger partial charge is 0.458 e. The number of rotatable bonds is 4. The molecule has 2 rings (SSSR count). The van der Waals surface area contributed by atoms with Gasteiger partial charge >= 0.3 is 5.97 Å². The first-order chi connectivity index (χ1) is 11.2. The fourth-order valence-electron chi connectivity index (χ4n) is 3.53. The van der Waals surface area contributed by atoms with Crippen molar-refractivity contribution >= 4 is 5.97 Å². The van der Waals surface area contributed by atoms with Gasteiger partial charge in [0.2, 0.25) is 0 Å². The average Bonchev–Trinajstić information content (AvgIpc) is 2.50. The van der Waals surface area contributed by atoms with Crippen molar-refractivity contribution in [1.82, 2.24) is 4.90 Å². The number of benzene rings is 1. The van der Waals surface area contributed by atoms with E-state index in [2.05, 4.69) is 39.5 Å². The smallest absolute Gasteiger partial charge is 0.338 e. The molecule has 0 radical (unpaired) electrons. The van der Waals surface area contributed by atoms with E-state index in [-0.39, 0.29) is 17.5 Å². The van der Waals surface area contributed by atoms with E-state index < -0.39 is 0 Å². The van der Waals surface area contributed by atoms with E-state index in [0.29, 0.717) is 17.6 Å². The number of likely N-dealkylation sites (tertiary alicyclic amines) is 1. The molecule has 0 aromatic heterocycles. The van der Waals surface area contributed by atoms with Crippen LogP contribution in [0.4, 0.5) is 0 Å². The lowest BCUT2D eigenvalue weighted by Crippen LogP contribution is -2.47. The second-order valence-electron chi connectivity index (χ2n) is 8.37. The normalized spacial score (nSPS) is 23.8. The molecule has 0 N–H and O–H groups in total. The summed E-state index contributed by atoms with van der Waals surface area (Å²) in [4.78, 5) is 14.9. The van der Waals surface area contributed by atoms with Crippen molar-refractivity contribution in [2.75, 3.05) is 6.54 Å². The van der Waals surface area contributed by atoms with Crippen LogP contribution in [0.2, 0.25) is 0 Å². The molecule has 3 atom stereocenters. The zero-order valence-electron chi connectivity index (χ0n) is 16.1. The first-order valence-electron chi connectivity index (χ1n) is 9.25. The summed E-state index contributed by atoms with van der Waals surface area (Å²) in [6.07, 6.45) is 3.67. The van der Waals surface area contributed by atoms with Gasteiger partial charge in [-0.05, 0) is 56.7 Å². The minimum absolute atomic E-state index is 0.0935. The van der Waals surface area contributed by atoms with Crippen LogP contribution in [-0.2, 0) is 10.2 Å². The molecule has 134 valence electrons. The highest BCUT2D eigenvalue weighted by molar-refractivity contribution is 5.89. The maximum atomic E-state index is 12.4. The van der Waals surface area contributed by atoms with E-state index in [1.54, 1.807) is 0 Å². The molecule has 3 nitrogen and oxygen atoms in total. The van der Waals surface area contributed by atoms with Crippen LogP contribution >= 0.6 is 0 Å². The Morgan fingerprint density at radius 3 is 2.21 bits per heavy atom. The van der Waals surface area contributed by atoms with Crippen LogP contribution in [0, 0.1) is 0 Å². The van der Waals surface area contributed by atoms with Crippen molar-refractivity contribution in [3.63, 3.8) is 0 Å². The van der Waals surface area contributed by atoms with Crippen LogP contribution in [0.1, 0.15) is 76.7 Å². The SMILES string of the molecule is C[C@H](CN1[C@H](C)CCC[C@@H]1C)OC(=O)c1ccc(C(C)(C)C)cc1. The monoisotopic (exact) mass is 331 g/mol. The van der Waals surface area contributed by atoms with Crippen molar-refractivity contribution in [2.24, 2.45) is 0 Å². The Hall–Kier alpha value is -1.35. The molecule has 0 spiro atoms. The molecule has 1 heterocycles. The third-order valence-electron chi connectivity index (χ3n) is 5.14. The number of carbonyl (C=O) groups is 1. The van der Waals surface area contributed by atoms with Crippen LogP contribution in [0.3, 0.4) is 0 Å². The fraction of sp³-hybridized carbons (Fsp3) is 0.667. The van der Waals surface area contributed by atoms with E-state index in [1.807, 2.05) is 31.2 Å². The predicted molar refractivity (Wildman–Crippen MR) is 99.5 cm³/mol. The number of hydrogen-bond donors (Lipinski definition) is 0. The van der Waals surface area contributed by atoms with Crippen molar-refractivity contribution in [2.45, 2.75) is 84.4 Å². The minimum Gasteiger partial charge on any atom is -0.458 e. The average molecular weight is 332 g/mol. The molecule has 1 aromatic carbocycles. The van der Waals surface area contributed by atoms with Crippen molar-refractivity contribution in [3.8, 4) is 0 Å². The lowest BCUT2D eigenvalue weighted by molar-refractivity contribution is 0.00811. The van der Waals surface area contributed by atoms with Gasteiger partial charge in [-0.15, -0.1) is 0 Å². The van der Waals surface area contributed by atoms with Crippen molar-refractivity contribution in [3.05, 3.63) is 35.4 Å². The van der Waals surface area contributed by atoms with Gasteiger partial charge in [0, 0.05) is 18.6 Å². The third kappa shape index (κ3) is 4.83. The summed E-state index contributed by atoms with van der Waals surface area (Å²) >= 11 is 0. The van der Waals surface area contributed by atoms with Gasteiger partial charge in [-0.25, -0.2) is 4.79 Å². The van der Waals surface area contributed by atoms with Gasteiger partial charge in [-0.3, -0.25) is 4.90 Å². The van der Waals surface area contributed by atoms with Gasteiger partial charge in [-0.2, -0.15) is 0 Å². The number of nitrogens with zero attached hydrogens (tertiary/aromatic N) is 1. The van der Waals surface area contributed by atoms with Gasteiger partial charge < -0.3 is 4.74 Å². The predicted octanol–water partition coefficient (Wildman–Crippen LogP) is 4.79. The summed E-state index contributed by atoms with van der Waals surface area (Å²) in [6.45, 7) is 13.9. The molecule has 0 amide bonds. The Morgan fingerprint density at radius 1 is 1.17 bits per heavy atom. The Balaban J connectivity index is 1.93. The molecular formula is C21H33NO2. The highest BCUT2D eigenvalue weighted by Crippen LogP contribution is 2.24. The molecule has 0 aliphatic carbocycles. The molecule has 1 aliphatic heterocycles. The number of piperidine rings is 1. The van der Waals surface area contributed by atoms with Crippen LogP contribution < -0.4 is 0 Å². The third-order valence-corrected chi connectivity index (χ3v) is 5.14. The first kappa shape index (κ1) is 19.0. The molecule has 1 aliphatic rings. The van der Waals surface area contributed by atoms with Crippen molar-refractivity contribution < 1.29 is 9.53 Å². The molecular weight excluding hydrogens is 298 g/mol. The van der Waals surface area contributed by atoms with Gasteiger partial charge in [0.15, 0.2) is 0 Å². The minimum atomic E-state index is -0.222. The molecule has 3 heteroatoms. The quantitative estimate of drug-likeness (QED) is 0.743. The Kier molecular flexibility index (Phi) is 6.08. The van der Waals surface area contributed by atoms with Crippen LogP contribution in [0.5, 0.6) is 0 Å². The molecule has 1 saturated heterocycles. The number of esters is 1. The maximum absolute atomic E-state index is 12.4. The summed E-state index contributed by atoms with van der Waals surface area (Å²) in [6, 6.07) is 8.94. The summed E-state index contributed by atoms with van der Waals surface area (Å²) < 4.78 is 5.68. The van der Waals surface area contributed by atoms with E-state index in [0.717, 1.165) is 6.54 Å². The highest BCUT2D eigenvalue weighted by Gasteiger charge is 2.27. The second-order valence-corrected chi connectivity index (χ2v) is 8.37. The summed E-state index contributed by atoms with van der Waals surface area (Å²) in [5, 5.41) is 0. The topological polar surface area (TPSA) is 29.5 Å². The lowest BCUT2D eigenvalue weighted by Gasteiger charge is -2.40. The Labute approximate surface area is 147 Å². The van der Waals surface area contributed by atoms with Gasteiger partial charge in [-0.1, -0.05) is 39.3 Å². The van der Waals surface area contributed by atoms with Crippen molar-refractivity contribution in [1.29, 1.82) is 0 Å². The fourth-order valence-corrected chi connectivity index (χ4v) is 3.53. The number of hydrogen-bond acceptors (Lipinski definition) is 3.